The number of rotatable bonds is 7. The summed E-state index contributed by atoms with van der Waals surface area (Å²) in [4.78, 5) is 34.1. The van der Waals surface area contributed by atoms with Crippen LogP contribution in [0.1, 0.15) is 45.8 Å². The van der Waals surface area contributed by atoms with Crippen LogP contribution in [-0.2, 0) is 6.42 Å². The van der Waals surface area contributed by atoms with Gasteiger partial charge in [0.25, 0.3) is 11.6 Å². The second kappa shape index (κ2) is 9.86. The van der Waals surface area contributed by atoms with Gasteiger partial charge in [0.05, 0.1) is 34.4 Å². The van der Waals surface area contributed by atoms with Crippen LogP contribution < -0.4 is 15.5 Å². The number of ether oxygens (including phenoxy) is 1. The highest BCUT2D eigenvalue weighted by atomic mass is 16.6. The Morgan fingerprint density at radius 2 is 1.83 bits per heavy atom. The Morgan fingerprint density at radius 1 is 1.06 bits per heavy atom. The van der Waals surface area contributed by atoms with Crippen molar-refractivity contribution in [3.8, 4) is 5.75 Å². The Hall–Kier alpha value is -4.74. The molecule has 0 aliphatic heterocycles. The maximum atomic E-state index is 13.1. The molecule has 4 rings (SSSR count). The third kappa shape index (κ3) is 4.73. The molecule has 0 unspecified atom stereocenters. The third-order valence-corrected chi connectivity index (χ3v) is 5.84. The second-order valence-corrected chi connectivity index (χ2v) is 8.25. The molecule has 12 heteroatoms. The molecule has 0 bridgehead atoms. The van der Waals surface area contributed by atoms with E-state index in [-0.39, 0.29) is 11.4 Å². The molecule has 1 aliphatic carbocycles. The van der Waals surface area contributed by atoms with Gasteiger partial charge in [0.15, 0.2) is 5.76 Å². The predicted octanol–water partition coefficient (Wildman–Crippen LogP) is 5.13. The lowest BCUT2D eigenvalue weighted by Crippen LogP contribution is -2.15. The van der Waals surface area contributed by atoms with Crippen LogP contribution in [-0.4, -0.2) is 28.6 Å². The number of methoxy groups -OCH3 is 1. The van der Waals surface area contributed by atoms with Gasteiger partial charge in [-0.15, -0.1) is 0 Å². The van der Waals surface area contributed by atoms with Crippen LogP contribution in [0.5, 0.6) is 5.75 Å². The van der Waals surface area contributed by atoms with E-state index in [0.717, 1.165) is 17.7 Å². The standard InChI is InChI=1S/C24H23N5O7/c1-13-7-10-20(35-3)18(11-13)25-24(30)23-14(2)22-17(5-4-6-21(22)36-23)27-26-16-9-8-15(28(31)32)12-19(16)29(33)34/h7-12,26H,4-6H2,1-3H3,(H,25,30)/b27-17+. The number of furan rings is 1. The van der Waals surface area contributed by atoms with Crippen LogP contribution in [0, 0.1) is 34.1 Å². The zero-order valence-corrected chi connectivity index (χ0v) is 19.8. The number of aryl methyl sites for hydroxylation is 2. The Kier molecular flexibility index (Phi) is 6.68. The average Bonchev–Trinajstić information content (AvgIpc) is 3.19. The summed E-state index contributed by atoms with van der Waals surface area (Å²) in [6.45, 7) is 3.65. The number of carbonyl (C=O) groups is 1. The molecule has 12 nitrogen and oxygen atoms in total. The number of nitro benzene ring substituents is 2. The zero-order chi connectivity index (χ0) is 26.0. The van der Waals surface area contributed by atoms with Crippen LogP contribution in [0.2, 0.25) is 0 Å². The SMILES string of the molecule is COc1ccc(C)cc1NC(=O)c1oc2c(c1C)/C(=N/Nc1ccc([N+](=O)[O-])cc1[N+](=O)[O-])CCC2. The van der Waals surface area contributed by atoms with Gasteiger partial charge in [-0.25, -0.2) is 0 Å². The number of nitrogens with one attached hydrogen (secondary N) is 2. The van der Waals surface area contributed by atoms with Crippen molar-refractivity contribution in [1.29, 1.82) is 0 Å². The Balaban J connectivity index is 1.64. The number of benzene rings is 2. The molecule has 0 atom stereocenters. The van der Waals surface area contributed by atoms with Gasteiger partial charge in [0, 0.05) is 23.6 Å². The number of nitro groups is 2. The Morgan fingerprint density at radius 3 is 2.53 bits per heavy atom. The van der Waals surface area contributed by atoms with E-state index in [0.29, 0.717) is 53.3 Å². The minimum Gasteiger partial charge on any atom is -0.495 e. The van der Waals surface area contributed by atoms with E-state index in [9.17, 15) is 25.0 Å². The van der Waals surface area contributed by atoms with Gasteiger partial charge in [0.1, 0.15) is 17.2 Å². The van der Waals surface area contributed by atoms with Gasteiger partial charge < -0.3 is 14.5 Å². The van der Waals surface area contributed by atoms with E-state index in [2.05, 4.69) is 15.8 Å². The van der Waals surface area contributed by atoms with E-state index in [4.69, 9.17) is 9.15 Å². The lowest BCUT2D eigenvalue weighted by molar-refractivity contribution is -0.393. The third-order valence-electron chi connectivity index (χ3n) is 5.84. The topological polar surface area (TPSA) is 162 Å². The lowest BCUT2D eigenvalue weighted by atomic mass is 9.93. The molecule has 0 radical (unpaired) electrons. The first-order valence-corrected chi connectivity index (χ1v) is 11.0. The lowest BCUT2D eigenvalue weighted by Gasteiger charge is -2.14. The average molecular weight is 493 g/mol. The first kappa shape index (κ1) is 24.4. The molecule has 1 heterocycles. The summed E-state index contributed by atoms with van der Waals surface area (Å²) in [6, 6.07) is 8.70. The summed E-state index contributed by atoms with van der Waals surface area (Å²) in [5, 5.41) is 29.6. The molecule has 2 aromatic carbocycles. The molecule has 0 spiro atoms. The molecule has 1 aliphatic rings. The highest BCUT2D eigenvalue weighted by Crippen LogP contribution is 2.33. The summed E-state index contributed by atoms with van der Waals surface area (Å²) in [6.07, 6.45) is 1.86. The number of anilines is 2. The maximum Gasteiger partial charge on any atom is 0.301 e. The van der Waals surface area contributed by atoms with E-state index in [1.54, 1.807) is 19.1 Å². The first-order valence-electron chi connectivity index (χ1n) is 11.0. The number of fused-ring (bicyclic) bond motifs is 1. The molecule has 3 aromatic rings. The molecule has 36 heavy (non-hydrogen) atoms. The largest absolute Gasteiger partial charge is 0.495 e. The molecule has 0 saturated heterocycles. The van der Waals surface area contributed by atoms with Crippen LogP contribution >= 0.6 is 0 Å². The van der Waals surface area contributed by atoms with E-state index < -0.39 is 27.1 Å². The molecule has 0 fully saturated rings. The fourth-order valence-corrected chi connectivity index (χ4v) is 4.10. The van der Waals surface area contributed by atoms with E-state index in [1.807, 2.05) is 13.0 Å². The Bertz CT molecular complexity index is 1410. The van der Waals surface area contributed by atoms with Gasteiger partial charge in [-0.2, -0.15) is 5.10 Å². The number of amides is 1. The van der Waals surface area contributed by atoms with Gasteiger partial charge in [0.2, 0.25) is 0 Å². The molecular weight excluding hydrogens is 470 g/mol. The predicted molar refractivity (Wildman–Crippen MR) is 132 cm³/mol. The minimum absolute atomic E-state index is 0.0101. The molecule has 0 saturated carbocycles. The van der Waals surface area contributed by atoms with Crippen LogP contribution in [0.3, 0.4) is 0 Å². The fraction of sp³-hybridized carbons (Fsp3) is 0.250. The first-order chi connectivity index (χ1) is 17.2. The van der Waals surface area contributed by atoms with Gasteiger partial charge in [-0.05, 0) is 50.5 Å². The van der Waals surface area contributed by atoms with Gasteiger partial charge in [-0.1, -0.05) is 6.07 Å². The zero-order valence-electron chi connectivity index (χ0n) is 19.8. The summed E-state index contributed by atoms with van der Waals surface area (Å²) >= 11 is 0. The number of hydrogen-bond acceptors (Lipinski definition) is 9. The summed E-state index contributed by atoms with van der Waals surface area (Å²) in [5.41, 5.74) is 5.09. The van der Waals surface area contributed by atoms with Crippen LogP contribution in [0.15, 0.2) is 45.9 Å². The quantitative estimate of drug-likeness (QED) is 0.338. The van der Waals surface area contributed by atoms with Crippen LogP contribution in [0.25, 0.3) is 0 Å². The summed E-state index contributed by atoms with van der Waals surface area (Å²) in [5.74, 6) is 0.807. The van der Waals surface area contributed by atoms with Crippen molar-refractivity contribution in [1.82, 2.24) is 0 Å². The van der Waals surface area contributed by atoms with Crippen molar-refractivity contribution in [3.05, 3.63) is 84.8 Å². The molecule has 1 amide bonds. The smallest absolute Gasteiger partial charge is 0.301 e. The second-order valence-electron chi connectivity index (χ2n) is 8.25. The molecule has 1 aromatic heterocycles. The van der Waals surface area contributed by atoms with Crippen molar-refractivity contribution in [2.45, 2.75) is 33.1 Å². The molecule has 2 N–H and O–H groups in total. The summed E-state index contributed by atoms with van der Waals surface area (Å²) in [7, 11) is 1.52. The van der Waals surface area contributed by atoms with Crippen molar-refractivity contribution in [2.24, 2.45) is 5.10 Å². The van der Waals surface area contributed by atoms with Crippen molar-refractivity contribution >= 4 is 34.4 Å². The maximum absolute atomic E-state index is 13.1. The molecular formula is C24H23N5O7. The number of nitrogens with zero attached hydrogens (tertiary/aromatic N) is 3. The Labute approximate surface area is 205 Å². The normalized spacial score (nSPS) is 13.7. The number of hydrogen-bond donors (Lipinski definition) is 2. The van der Waals surface area contributed by atoms with E-state index >= 15 is 0 Å². The number of carbonyl (C=O) groups excluding carboxylic acids is 1. The highest BCUT2D eigenvalue weighted by molar-refractivity contribution is 6.09. The molecule has 186 valence electrons. The van der Waals surface area contributed by atoms with Crippen molar-refractivity contribution in [2.75, 3.05) is 17.9 Å². The van der Waals surface area contributed by atoms with Gasteiger partial charge >= 0.3 is 5.69 Å². The fourth-order valence-electron chi connectivity index (χ4n) is 4.10. The van der Waals surface area contributed by atoms with Crippen molar-refractivity contribution in [3.63, 3.8) is 0 Å². The number of hydrazone groups is 1. The number of non-ortho nitro benzene ring substituents is 1. The highest BCUT2D eigenvalue weighted by Gasteiger charge is 2.29. The summed E-state index contributed by atoms with van der Waals surface area (Å²) < 4.78 is 11.2. The monoisotopic (exact) mass is 493 g/mol. The minimum atomic E-state index is -0.715. The van der Waals surface area contributed by atoms with E-state index in [1.165, 1.54) is 13.2 Å². The van der Waals surface area contributed by atoms with Crippen molar-refractivity contribution < 1.29 is 23.8 Å². The van der Waals surface area contributed by atoms with Gasteiger partial charge in [-0.3, -0.25) is 30.4 Å². The van der Waals surface area contributed by atoms with Crippen LogP contribution in [0.4, 0.5) is 22.7 Å².